The zero-order chi connectivity index (χ0) is 12.8. The summed E-state index contributed by atoms with van der Waals surface area (Å²) in [7, 11) is 1.92. The maximum Gasteiger partial charge on any atom is 0.136 e. The molecule has 17 heavy (non-hydrogen) atoms. The molecule has 0 spiro atoms. The average Bonchev–Trinajstić information content (AvgIpc) is 2.57. The van der Waals surface area contributed by atoms with Gasteiger partial charge in [0.1, 0.15) is 5.82 Å². The van der Waals surface area contributed by atoms with Gasteiger partial charge in [-0.1, -0.05) is 19.9 Å². The zero-order valence-corrected chi connectivity index (χ0v) is 10.7. The van der Waals surface area contributed by atoms with E-state index in [0.29, 0.717) is 10.9 Å². The molecule has 2 nitrogen and oxygen atoms in total. The summed E-state index contributed by atoms with van der Waals surface area (Å²) >= 11 is 0. The van der Waals surface area contributed by atoms with E-state index in [1.165, 1.54) is 0 Å². The Bertz CT molecular complexity index is 569. The second kappa shape index (κ2) is 3.84. The van der Waals surface area contributed by atoms with Crippen LogP contribution in [0.5, 0.6) is 0 Å². The van der Waals surface area contributed by atoms with Crippen molar-refractivity contribution in [3.05, 3.63) is 35.3 Å². The van der Waals surface area contributed by atoms with Gasteiger partial charge in [0.25, 0.3) is 0 Å². The molecular formula is C14H18FNO. The summed E-state index contributed by atoms with van der Waals surface area (Å²) in [5, 5.41) is 9.96. The summed E-state index contributed by atoms with van der Waals surface area (Å²) in [6, 6.07) is 5.53. The molecular weight excluding hydrogens is 217 g/mol. The van der Waals surface area contributed by atoms with Gasteiger partial charge in [0.2, 0.25) is 0 Å². The molecule has 0 saturated heterocycles. The molecule has 0 bridgehead atoms. The van der Waals surface area contributed by atoms with Crippen LogP contribution in [0.4, 0.5) is 4.39 Å². The smallest absolute Gasteiger partial charge is 0.136 e. The normalized spacial score (nSPS) is 12.4. The standard InChI is InChI=1S/C14H18FNO/c1-9-7-10-12(16(9)4)6-5-11(13(10)15)14(2,3)8-17/h5-7,17H,8H2,1-4H3. The molecule has 1 N–H and O–H groups in total. The molecule has 0 saturated carbocycles. The van der Waals surface area contributed by atoms with E-state index in [1.807, 2.05) is 44.5 Å². The third-order valence-corrected chi connectivity index (χ3v) is 3.52. The molecule has 1 aromatic carbocycles. The Morgan fingerprint density at radius 3 is 2.59 bits per heavy atom. The highest BCUT2D eigenvalue weighted by Gasteiger charge is 2.25. The summed E-state index contributed by atoms with van der Waals surface area (Å²) in [5.41, 5.74) is 1.93. The van der Waals surface area contributed by atoms with Crippen molar-refractivity contribution in [2.24, 2.45) is 7.05 Å². The third-order valence-electron chi connectivity index (χ3n) is 3.52. The van der Waals surface area contributed by atoms with Gasteiger partial charge in [0, 0.05) is 23.5 Å². The Balaban J connectivity index is 2.75. The van der Waals surface area contributed by atoms with Crippen LogP contribution in [0.1, 0.15) is 25.1 Å². The maximum absolute atomic E-state index is 14.4. The van der Waals surface area contributed by atoms with Crippen molar-refractivity contribution < 1.29 is 9.50 Å². The number of aromatic nitrogens is 1. The quantitative estimate of drug-likeness (QED) is 0.850. The summed E-state index contributed by atoms with van der Waals surface area (Å²) in [6.45, 7) is 5.57. The van der Waals surface area contributed by atoms with Crippen molar-refractivity contribution in [1.29, 1.82) is 0 Å². The number of fused-ring (bicyclic) bond motifs is 1. The van der Waals surface area contributed by atoms with Crippen molar-refractivity contribution in [3.63, 3.8) is 0 Å². The lowest BCUT2D eigenvalue weighted by Gasteiger charge is -2.23. The van der Waals surface area contributed by atoms with Gasteiger partial charge in [-0.25, -0.2) is 4.39 Å². The van der Waals surface area contributed by atoms with Gasteiger partial charge in [-0.15, -0.1) is 0 Å². The molecule has 1 aromatic heterocycles. The summed E-state index contributed by atoms with van der Waals surface area (Å²) < 4.78 is 16.4. The van der Waals surface area contributed by atoms with E-state index in [1.54, 1.807) is 6.07 Å². The van der Waals surface area contributed by atoms with Crippen LogP contribution in [-0.2, 0) is 12.5 Å². The van der Waals surface area contributed by atoms with Crippen molar-refractivity contribution in [1.82, 2.24) is 4.57 Å². The van der Waals surface area contributed by atoms with Crippen LogP contribution in [0.15, 0.2) is 18.2 Å². The van der Waals surface area contributed by atoms with Crippen molar-refractivity contribution >= 4 is 10.9 Å². The molecule has 1 heterocycles. The predicted octanol–water partition coefficient (Wildman–Crippen LogP) is 2.90. The van der Waals surface area contributed by atoms with E-state index in [0.717, 1.165) is 11.2 Å². The van der Waals surface area contributed by atoms with Crippen LogP contribution in [0.25, 0.3) is 10.9 Å². The minimum Gasteiger partial charge on any atom is -0.395 e. The summed E-state index contributed by atoms with van der Waals surface area (Å²) in [6.07, 6.45) is 0. The van der Waals surface area contributed by atoms with Gasteiger partial charge in [0.05, 0.1) is 12.1 Å². The van der Waals surface area contributed by atoms with Gasteiger partial charge < -0.3 is 9.67 Å². The van der Waals surface area contributed by atoms with Crippen LogP contribution >= 0.6 is 0 Å². The Hall–Kier alpha value is -1.35. The van der Waals surface area contributed by atoms with E-state index >= 15 is 0 Å². The molecule has 0 atom stereocenters. The van der Waals surface area contributed by atoms with Crippen molar-refractivity contribution in [3.8, 4) is 0 Å². The number of hydrogen-bond acceptors (Lipinski definition) is 1. The molecule has 3 heteroatoms. The monoisotopic (exact) mass is 235 g/mol. The molecule has 0 amide bonds. The minimum absolute atomic E-state index is 0.0682. The fraction of sp³-hybridized carbons (Fsp3) is 0.429. The van der Waals surface area contributed by atoms with Gasteiger partial charge >= 0.3 is 0 Å². The molecule has 2 rings (SSSR count). The second-order valence-corrected chi connectivity index (χ2v) is 5.25. The summed E-state index contributed by atoms with van der Waals surface area (Å²) in [4.78, 5) is 0. The first-order valence-electron chi connectivity index (χ1n) is 5.74. The first kappa shape index (κ1) is 12.1. The van der Waals surface area contributed by atoms with Crippen LogP contribution in [0.3, 0.4) is 0 Å². The van der Waals surface area contributed by atoms with Crippen LogP contribution in [0, 0.1) is 12.7 Å². The van der Waals surface area contributed by atoms with E-state index in [2.05, 4.69) is 0 Å². The lowest BCUT2D eigenvalue weighted by Crippen LogP contribution is -2.23. The largest absolute Gasteiger partial charge is 0.395 e. The number of aryl methyl sites for hydroxylation is 2. The lowest BCUT2D eigenvalue weighted by molar-refractivity contribution is 0.215. The Labute approximate surface area is 101 Å². The van der Waals surface area contributed by atoms with Crippen LogP contribution < -0.4 is 0 Å². The SMILES string of the molecule is Cc1cc2c(F)c(C(C)(C)CO)ccc2n1C. The molecule has 0 unspecified atom stereocenters. The third kappa shape index (κ3) is 1.75. The fourth-order valence-electron chi connectivity index (χ4n) is 2.12. The number of halogens is 1. The van der Waals surface area contributed by atoms with Gasteiger partial charge in [-0.3, -0.25) is 0 Å². The maximum atomic E-state index is 14.4. The minimum atomic E-state index is -0.554. The first-order valence-corrected chi connectivity index (χ1v) is 5.74. The van der Waals surface area contributed by atoms with Crippen molar-refractivity contribution in [2.45, 2.75) is 26.2 Å². The highest BCUT2D eigenvalue weighted by molar-refractivity contribution is 5.83. The number of rotatable bonds is 2. The molecule has 0 fully saturated rings. The fourth-order valence-corrected chi connectivity index (χ4v) is 2.12. The first-order chi connectivity index (χ1) is 7.88. The van der Waals surface area contributed by atoms with Crippen LogP contribution in [0.2, 0.25) is 0 Å². The second-order valence-electron chi connectivity index (χ2n) is 5.25. The van der Waals surface area contributed by atoms with Gasteiger partial charge in [0.15, 0.2) is 0 Å². The van der Waals surface area contributed by atoms with E-state index in [9.17, 15) is 9.50 Å². The molecule has 2 aromatic rings. The predicted molar refractivity (Wildman–Crippen MR) is 67.7 cm³/mol. The number of aliphatic hydroxyl groups excluding tert-OH is 1. The van der Waals surface area contributed by atoms with E-state index < -0.39 is 5.41 Å². The Morgan fingerprint density at radius 2 is 2.00 bits per heavy atom. The molecule has 0 radical (unpaired) electrons. The highest BCUT2D eigenvalue weighted by Crippen LogP contribution is 2.31. The highest BCUT2D eigenvalue weighted by atomic mass is 19.1. The number of benzene rings is 1. The van der Waals surface area contributed by atoms with Gasteiger partial charge in [-0.05, 0) is 24.6 Å². The number of aliphatic hydroxyl groups is 1. The van der Waals surface area contributed by atoms with E-state index in [4.69, 9.17) is 0 Å². The Kier molecular flexibility index (Phi) is 2.74. The lowest BCUT2D eigenvalue weighted by atomic mass is 9.84. The molecule has 0 aliphatic heterocycles. The van der Waals surface area contributed by atoms with E-state index in [-0.39, 0.29) is 12.4 Å². The molecule has 0 aliphatic carbocycles. The Morgan fingerprint density at radius 1 is 1.35 bits per heavy atom. The summed E-state index contributed by atoms with van der Waals surface area (Å²) in [5.74, 6) is -0.217. The van der Waals surface area contributed by atoms with Crippen LogP contribution in [-0.4, -0.2) is 16.3 Å². The molecule has 0 aliphatic rings. The molecule has 92 valence electrons. The number of nitrogens with zero attached hydrogens (tertiary/aromatic N) is 1. The zero-order valence-electron chi connectivity index (χ0n) is 10.7. The average molecular weight is 235 g/mol. The van der Waals surface area contributed by atoms with Gasteiger partial charge in [-0.2, -0.15) is 0 Å². The topological polar surface area (TPSA) is 25.2 Å². The number of hydrogen-bond donors (Lipinski definition) is 1. The van der Waals surface area contributed by atoms with Crippen molar-refractivity contribution in [2.75, 3.05) is 6.61 Å².